The molecular weight excluding hydrogens is 348 g/mol. The average molecular weight is 371 g/mol. The summed E-state index contributed by atoms with van der Waals surface area (Å²) in [5, 5.41) is 0.743. The first-order chi connectivity index (χ1) is 11.4. The minimum absolute atomic E-state index is 0.00647. The molecule has 0 radical (unpaired) electrons. The van der Waals surface area contributed by atoms with E-state index in [0.717, 1.165) is 24.7 Å². The molecule has 1 atom stereocenters. The van der Waals surface area contributed by atoms with Gasteiger partial charge in [-0.2, -0.15) is 0 Å². The number of carbonyl (C=O) groups excluding carboxylic acids is 1. The summed E-state index contributed by atoms with van der Waals surface area (Å²) in [6.45, 7) is 3.92. The molecule has 0 aromatic heterocycles. The minimum atomic E-state index is -2.91. The second kappa shape index (κ2) is 7.42. The Balaban J connectivity index is 1.45. The number of sulfone groups is 1. The SMILES string of the molecule is O=C(CC1CCS(=O)(=O)C1)N1CCN(Cc2cccc(Cl)c2)CC1. The molecule has 0 saturated carbocycles. The number of halogens is 1. The molecule has 1 unspecified atom stereocenters. The first-order valence-corrected chi connectivity index (χ1v) is 10.6. The Labute approximate surface area is 148 Å². The van der Waals surface area contributed by atoms with E-state index in [1.807, 2.05) is 23.1 Å². The van der Waals surface area contributed by atoms with Crippen molar-refractivity contribution in [2.75, 3.05) is 37.7 Å². The van der Waals surface area contributed by atoms with Gasteiger partial charge in [0.2, 0.25) is 5.91 Å². The van der Waals surface area contributed by atoms with Crippen molar-refractivity contribution >= 4 is 27.3 Å². The first kappa shape index (κ1) is 17.7. The van der Waals surface area contributed by atoms with Crippen molar-refractivity contribution in [3.05, 3.63) is 34.9 Å². The van der Waals surface area contributed by atoms with Gasteiger partial charge in [0.05, 0.1) is 11.5 Å². The fourth-order valence-corrected chi connectivity index (χ4v) is 5.53. The van der Waals surface area contributed by atoms with Crippen molar-refractivity contribution in [3.63, 3.8) is 0 Å². The van der Waals surface area contributed by atoms with Crippen LogP contribution in [0.5, 0.6) is 0 Å². The van der Waals surface area contributed by atoms with Gasteiger partial charge in [-0.3, -0.25) is 9.69 Å². The van der Waals surface area contributed by atoms with E-state index >= 15 is 0 Å². The number of piperazine rings is 1. The van der Waals surface area contributed by atoms with Crippen molar-refractivity contribution < 1.29 is 13.2 Å². The number of hydrogen-bond donors (Lipinski definition) is 0. The van der Waals surface area contributed by atoms with Gasteiger partial charge in [-0.1, -0.05) is 23.7 Å². The van der Waals surface area contributed by atoms with E-state index in [0.29, 0.717) is 25.9 Å². The van der Waals surface area contributed by atoms with Gasteiger partial charge in [0.15, 0.2) is 9.84 Å². The Morgan fingerprint density at radius 1 is 1.21 bits per heavy atom. The highest BCUT2D eigenvalue weighted by Gasteiger charge is 2.31. The van der Waals surface area contributed by atoms with Crippen LogP contribution in [0, 0.1) is 5.92 Å². The molecule has 0 bridgehead atoms. The Morgan fingerprint density at radius 2 is 1.96 bits per heavy atom. The standard InChI is InChI=1S/C17H23ClN2O3S/c18-16-3-1-2-14(10-16)12-19-5-7-20(8-6-19)17(21)11-15-4-9-24(22,23)13-15/h1-3,10,15H,4-9,11-13H2. The number of nitrogens with zero attached hydrogens (tertiary/aromatic N) is 2. The molecule has 5 nitrogen and oxygen atoms in total. The van der Waals surface area contributed by atoms with Crippen molar-refractivity contribution in [2.45, 2.75) is 19.4 Å². The smallest absolute Gasteiger partial charge is 0.222 e. The van der Waals surface area contributed by atoms with Gasteiger partial charge in [0, 0.05) is 44.2 Å². The molecule has 1 aromatic rings. The molecule has 2 aliphatic rings. The summed E-state index contributed by atoms with van der Waals surface area (Å²) >= 11 is 6.01. The van der Waals surface area contributed by atoms with Crippen LogP contribution >= 0.6 is 11.6 Å². The fourth-order valence-electron chi connectivity index (χ4n) is 3.46. The Morgan fingerprint density at radius 3 is 2.58 bits per heavy atom. The summed E-state index contributed by atoms with van der Waals surface area (Å²) in [6, 6.07) is 7.85. The zero-order valence-corrected chi connectivity index (χ0v) is 15.2. The molecule has 1 amide bonds. The summed E-state index contributed by atoms with van der Waals surface area (Å²) in [7, 11) is -2.91. The van der Waals surface area contributed by atoms with Crippen LogP contribution in [-0.4, -0.2) is 61.8 Å². The molecule has 3 rings (SSSR count). The Kier molecular flexibility index (Phi) is 5.47. The summed E-state index contributed by atoms with van der Waals surface area (Å²) < 4.78 is 23.0. The number of amides is 1. The van der Waals surface area contributed by atoms with E-state index in [4.69, 9.17) is 11.6 Å². The number of benzene rings is 1. The first-order valence-electron chi connectivity index (χ1n) is 8.36. The quantitative estimate of drug-likeness (QED) is 0.811. The predicted molar refractivity (Wildman–Crippen MR) is 94.7 cm³/mol. The molecule has 0 spiro atoms. The number of carbonyl (C=O) groups is 1. The second-order valence-electron chi connectivity index (χ2n) is 6.76. The Hall–Kier alpha value is -1.11. The lowest BCUT2D eigenvalue weighted by atomic mass is 10.0. The monoisotopic (exact) mass is 370 g/mol. The zero-order valence-electron chi connectivity index (χ0n) is 13.7. The number of hydrogen-bond acceptors (Lipinski definition) is 4. The van der Waals surface area contributed by atoms with Gasteiger partial charge in [0.1, 0.15) is 0 Å². The highest BCUT2D eigenvalue weighted by atomic mass is 35.5. The molecule has 2 fully saturated rings. The normalized spacial score (nSPS) is 24.2. The van der Waals surface area contributed by atoms with Crippen molar-refractivity contribution in [1.29, 1.82) is 0 Å². The zero-order chi connectivity index (χ0) is 17.2. The van der Waals surface area contributed by atoms with Crippen molar-refractivity contribution in [2.24, 2.45) is 5.92 Å². The summed E-state index contributed by atoms with van der Waals surface area (Å²) in [6.07, 6.45) is 0.996. The van der Waals surface area contributed by atoms with Crippen molar-refractivity contribution in [1.82, 2.24) is 9.80 Å². The van der Waals surface area contributed by atoms with E-state index < -0.39 is 9.84 Å². The lowest BCUT2D eigenvalue weighted by Gasteiger charge is -2.35. The van der Waals surface area contributed by atoms with Crippen LogP contribution < -0.4 is 0 Å². The molecule has 132 valence electrons. The predicted octanol–water partition coefficient (Wildman–Crippen LogP) is 1.81. The largest absolute Gasteiger partial charge is 0.340 e. The lowest BCUT2D eigenvalue weighted by Crippen LogP contribution is -2.48. The van der Waals surface area contributed by atoms with Gasteiger partial charge in [-0.15, -0.1) is 0 Å². The third-order valence-corrected chi connectivity index (χ3v) is 6.88. The highest BCUT2D eigenvalue weighted by Crippen LogP contribution is 2.23. The van der Waals surface area contributed by atoms with E-state index in [1.54, 1.807) is 0 Å². The maximum Gasteiger partial charge on any atom is 0.222 e. The van der Waals surface area contributed by atoms with E-state index in [1.165, 1.54) is 5.56 Å². The summed E-state index contributed by atoms with van der Waals surface area (Å²) in [5.74, 6) is 0.512. The van der Waals surface area contributed by atoms with Crippen LogP contribution in [0.2, 0.25) is 5.02 Å². The third-order valence-electron chi connectivity index (χ3n) is 4.81. The Bertz CT molecular complexity index is 700. The molecule has 0 N–H and O–H groups in total. The maximum absolute atomic E-state index is 12.4. The van der Waals surface area contributed by atoms with Gasteiger partial charge in [-0.25, -0.2) is 8.42 Å². The van der Waals surface area contributed by atoms with Gasteiger partial charge in [0.25, 0.3) is 0 Å². The summed E-state index contributed by atoms with van der Waals surface area (Å²) in [5.41, 5.74) is 1.18. The van der Waals surface area contributed by atoms with Crippen LogP contribution in [0.25, 0.3) is 0 Å². The molecule has 1 aromatic carbocycles. The summed E-state index contributed by atoms with van der Waals surface area (Å²) in [4.78, 5) is 16.6. The van der Waals surface area contributed by atoms with E-state index in [9.17, 15) is 13.2 Å². The molecule has 2 aliphatic heterocycles. The van der Waals surface area contributed by atoms with Gasteiger partial charge >= 0.3 is 0 Å². The van der Waals surface area contributed by atoms with Crippen LogP contribution in [-0.2, 0) is 21.2 Å². The van der Waals surface area contributed by atoms with Crippen LogP contribution in [0.15, 0.2) is 24.3 Å². The second-order valence-corrected chi connectivity index (χ2v) is 9.43. The van der Waals surface area contributed by atoms with Gasteiger partial charge < -0.3 is 4.90 Å². The topological polar surface area (TPSA) is 57.7 Å². The molecule has 2 saturated heterocycles. The van der Waals surface area contributed by atoms with Crippen LogP contribution in [0.1, 0.15) is 18.4 Å². The third kappa shape index (κ3) is 4.71. The maximum atomic E-state index is 12.4. The highest BCUT2D eigenvalue weighted by molar-refractivity contribution is 7.91. The van der Waals surface area contributed by atoms with Gasteiger partial charge in [-0.05, 0) is 30.0 Å². The van der Waals surface area contributed by atoms with E-state index in [-0.39, 0.29) is 23.3 Å². The van der Waals surface area contributed by atoms with E-state index in [2.05, 4.69) is 11.0 Å². The molecule has 0 aliphatic carbocycles. The molecule has 2 heterocycles. The molecule has 7 heteroatoms. The molecule has 24 heavy (non-hydrogen) atoms. The minimum Gasteiger partial charge on any atom is -0.340 e. The lowest BCUT2D eigenvalue weighted by molar-refractivity contribution is -0.133. The van der Waals surface area contributed by atoms with Crippen molar-refractivity contribution in [3.8, 4) is 0 Å². The van der Waals surface area contributed by atoms with Crippen LogP contribution in [0.4, 0.5) is 0 Å². The average Bonchev–Trinajstić information content (AvgIpc) is 2.87. The fraction of sp³-hybridized carbons (Fsp3) is 0.588. The van der Waals surface area contributed by atoms with Crippen LogP contribution in [0.3, 0.4) is 0 Å². The number of rotatable bonds is 4. The molecular formula is C17H23ClN2O3S.